The second-order valence-corrected chi connectivity index (χ2v) is 5.63. The SMILES string of the molecule is CCC(C)C1(Oc2cc(C(=O)O)ccc2F)CCCC1. The summed E-state index contributed by atoms with van der Waals surface area (Å²) >= 11 is 0. The number of carboxylic acids is 1. The molecule has 1 aromatic rings. The molecule has 1 unspecified atom stereocenters. The van der Waals surface area contributed by atoms with Gasteiger partial charge in [-0.05, 0) is 56.2 Å². The zero-order valence-electron chi connectivity index (χ0n) is 12.0. The van der Waals surface area contributed by atoms with E-state index in [9.17, 15) is 9.18 Å². The van der Waals surface area contributed by atoms with E-state index in [0.717, 1.165) is 38.2 Å². The third-order valence-electron chi connectivity index (χ3n) is 4.45. The van der Waals surface area contributed by atoms with Crippen LogP contribution in [0.2, 0.25) is 0 Å². The van der Waals surface area contributed by atoms with Crippen LogP contribution in [-0.2, 0) is 0 Å². The first-order chi connectivity index (χ1) is 9.48. The normalized spacial score (nSPS) is 18.8. The molecule has 20 heavy (non-hydrogen) atoms. The van der Waals surface area contributed by atoms with Crippen LogP contribution in [0.5, 0.6) is 5.75 Å². The quantitative estimate of drug-likeness (QED) is 0.876. The van der Waals surface area contributed by atoms with Crippen LogP contribution in [0.15, 0.2) is 18.2 Å². The maximum absolute atomic E-state index is 13.9. The van der Waals surface area contributed by atoms with Gasteiger partial charge in [-0.15, -0.1) is 0 Å². The Bertz CT molecular complexity index is 492. The summed E-state index contributed by atoms with van der Waals surface area (Å²) in [6, 6.07) is 3.72. The number of aromatic carboxylic acids is 1. The molecule has 1 N–H and O–H groups in total. The smallest absolute Gasteiger partial charge is 0.335 e. The number of halogens is 1. The van der Waals surface area contributed by atoms with Gasteiger partial charge in [-0.1, -0.05) is 13.8 Å². The largest absolute Gasteiger partial charge is 0.484 e. The molecule has 1 atom stereocenters. The number of ether oxygens (including phenoxy) is 1. The number of rotatable bonds is 5. The molecule has 2 rings (SSSR count). The van der Waals surface area contributed by atoms with E-state index in [1.165, 1.54) is 12.1 Å². The highest BCUT2D eigenvalue weighted by molar-refractivity contribution is 5.88. The van der Waals surface area contributed by atoms with Crippen molar-refractivity contribution in [2.24, 2.45) is 5.92 Å². The molecule has 4 heteroatoms. The Kier molecular flexibility index (Phi) is 4.31. The summed E-state index contributed by atoms with van der Waals surface area (Å²) < 4.78 is 19.9. The molecule has 0 saturated heterocycles. The van der Waals surface area contributed by atoms with Crippen molar-refractivity contribution in [3.8, 4) is 5.75 Å². The topological polar surface area (TPSA) is 46.5 Å². The van der Waals surface area contributed by atoms with Crippen LogP contribution in [0.4, 0.5) is 4.39 Å². The average Bonchev–Trinajstić information content (AvgIpc) is 2.90. The van der Waals surface area contributed by atoms with Crippen LogP contribution in [0.25, 0.3) is 0 Å². The van der Waals surface area contributed by atoms with Crippen LogP contribution in [0, 0.1) is 11.7 Å². The van der Waals surface area contributed by atoms with Crippen molar-refractivity contribution in [3.05, 3.63) is 29.6 Å². The van der Waals surface area contributed by atoms with Gasteiger partial charge in [0.1, 0.15) is 5.60 Å². The lowest BCUT2D eigenvalue weighted by Crippen LogP contribution is -2.39. The summed E-state index contributed by atoms with van der Waals surface area (Å²) in [7, 11) is 0. The fourth-order valence-corrected chi connectivity index (χ4v) is 2.97. The van der Waals surface area contributed by atoms with Crippen molar-refractivity contribution >= 4 is 5.97 Å². The van der Waals surface area contributed by atoms with E-state index in [1.54, 1.807) is 0 Å². The molecular weight excluding hydrogens is 259 g/mol. The molecule has 0 spiro atoms. The van der Waals surface area contributed by atoms with Gasteiger partial charge in [0.25, 0.3) is 0 Å². The Morgan fingerprint density at radius 2 is 2.10 bits per heavy atom. The Balaban J connectivity index is 2.31. The minimum absolute atomic E-state index is 0.0544. The molecule has 1 aliphatic rings. The lowest BCUT2D eigenvalue weighted by atomic mass is 9.85. The van der Waals surface area contributed by atoms with Crippen LogP contribution in [0.1, 0.15) is 56.3 Å². The van der Waals surface area contributed by atoms with Gasteiger partial charge in [0.05, 0.1) is 5.56 Å². The summed E-state index contributed by atoms with van der Waals surface area (Å²) in [5.74, 6) is -1.19. The minimum atomic E-state index is -1.07. The second kappa shape index (κ2) is 5.81. The van der Waals surface area contributed by atoms with Crippen LogP contribution in [0.3, 0.4) is 0 Å². The molecule has 1 saturated carbocycles. The number of benzene rings is 1. The van der Waals surface area contributed by atoms with E-state index in [1.807, 2.05) is 0 Å². The van der Waals surface area contributed by atoms with Gasteiger partial charge in [0.15, 0.2) is 11.6 Å². The first-order valence-corrected chi connectivity index (χ1v) is 7.20. The first kappa shape index (κ1) is 14.8. The van der Waals surface area contributed by atoms with E-state index < -0.39 is 11.8 Å². The summed E-state index contributed by atoms with van der Waals surface area (Å²) in [5.41, 5.74) is -0.300. The highest BCUT2D eigenvalue weighted by Gasteiger charge is 2.41. The molecular formula is C16H21FO3. The van der Waals surface area contributed by atoms with Gasteiger partial charge >= 0.3 is 5.97 Å². The molecule has 3 nitrogen and oxygen atoms in total. The second-order valence-electron chi connectivity index (χ2n) is 5.63. The van der Waals surface area contributed by atoms with Gasteiger partial charge < -0.3 is 9.84 Å². The van der Waals surface area contributed by atoms with Crippen molar-refractivity contribution < 1.29 is 19.0 Å². The average molecular weight is 280 g/mol. The molecule has 0 bridgehead atoms. The third kappa shape index (κ3) is 2.79. The Labute approximate surface area is 118 Å². The monoisotopic (exact) mass is 280 g/mol. The summed E-state index contributed by atoms with van der Waals surface area (Å²) in [4.78, 5) is 11.0. The highest BCUT2D eigenvalue weighted by atomic mass is 19.1. The number of hydrogen-bond donors (Lipinski definition) is 1. The molecule has 1 aliphatic carbocycles. The predicted molar refractivity (Wildman–Crippen MR) is 74.6 cm³/mol. The zero-order valence-corrected chi connectivity index (χ0v) is 12.0. The van der Waals surface area contributed by atoms with Crippen molar-refractivity contribution in [2.45, 2.75) is 51.6 Å². The van der Waals surface area contributed by atoms with Crippen LogP contribution in [-0.4, -0.2) is 16.7 Å². The van der Waals surface area contributed by atoms with Gasteiger partial charge in [-0.2, -0.15) is 0 Å². The van der Waals surface area contributed by atoms with Crippen molar-refractivity contribution in [2.75, 3.05) is 0 Å². The molecule has 0 amide bonds. The van der Waals surface area contributed by atoms with E-state index >= 15 is 0 Å². The predicted octanol–water partition coefficient (Wildman–Crippen LogP) is 4.26. The van der Waals surface area contributed by atoms with Crippen LogP contribution < -0.4 is 4.74 Å². The minimum Gasteiger partial charge on any atom is -0.484 e. The van der Waals surface area contributed by atoms with Gasteiger partial charge in [-0.25, -0.2) is 9.18 Å². The Morgan fingerprint density at radius 3 is 2.65 bits per heavy atom. The maximum Gasteiger partial charge on any atom is 0.335 e. The molecule has 0 radical (unpaired) electrons. The highest BCUT2D eigenvalue weighted by Crippen LogP contribution is 2.42. The number of carbonyl (C=O) groups is 1. The molecule has 1 fully saturated rings. The van der Waals surface area contributed by atoms with Crippen molar-refractivity contribution in [3.63, 3.8) is 0 Å². The molecule has 1 aromatic carbocycles. The molecule has 0 aromatic heterocycles. The number of hydrogen-bond acceptors (Lipinski definition) is 2. The maximum atomic E-state index is 13.9. The fourth-order valence-electron chi connectivity index (χ4n) is 2.97. The van der Waals surface area contributed by atoms with E-state index in [2.05, 4.69) is 13.8 Å². The first-order valence-electron chi connectivity index (χ1n) is 7.20. The van der Waals surface area contributed by atoms with Crippen molar-refractivity contribution in [1.82, 2.24) is 0 Å². The Hall–Kier alpha value is -1.58. The molecule has 0 aliphatic heterocycles. The lowest BCUT2D eigenvalue weighted by Gasteiger charge is -2.36. The summed E-state index contributed by atoms with van der Waals surface area (Å²) in [6.07, 6.45) is 4.91. The lowest BCUT2D eigenvalue weighted by molar-refractivity contribution is 0.0161. The Morgan fingerprint density at radius 1 is 1.45 bits per heavy atom. The van der Waals surface area contributed by atoms with E-state index in [0.29, 0.717) is 5.92 Å². The standard InChI is InChI=1S/C16H21FO3/c1-3-11(2)16(8-4-5-9-16)20-14-10-12(15(18)19)6-7-13(14)17/h6-7,10-11H,3-5,8-9H2,1-2H3,(H,18,19). The van der Waals surface area contributed by atoms with Gasteiger partial charge in [0, 0.05) is 0 Å². The summed E-state index contributed by atoms with van der Waals surface area (Å²) in [5, 5.41) is 9.00. The van der Waals surface area contributed by atoms with Crippen LogP contribution >= 0.6 is 0 Å². The van der Waals surface area contributed by atoms with E-state index in [-0.39, 0.29) is 16.9 Å². The summed E-state index contributed by atoms with van der Waals surface area (Å²) in [6.45, 7) is 4.21. The molecule has 110 valence electrons. The van der Waals surface area contributed by atoms with Gasteiger partial charge in [0.2, 0.25) is 0 Å². The van der Waals surface area contributed by atoms with Crippen molar-refractivity contribution in [1.29, 1.82) is 0 Å². The van der Waals surface area contributed by atoms with E-state index in [4.69, 9.17) is 9.84 Å². The molecule has 0 heterocycles. The zero-order chi connectivity index (χ0) is 14.8. The third-order valence-corrected chi connectivity index (χ3v) is 4.45. The fraction of sp³-hybridized carbons (Fsp3) is 0.562. The number of carboxylic acid groups (broad SMARTS) is 1. The van der Waals surface area contributed by atoms with Gasteiger partial charge in [-0.3, -0.25) is 0 Å².